The van der Waals surface area contributed by atoms with Gasteiger partial charge in [0.05, 0.1) is 4.90 Å². The van der Waals surface area contributed by atoms with Crippen LogP contribution in [-0.2, 0) is 19.9 Å². The summed E-state index contributed by atoms with van der Waals surface area (Å²) in [6.45, 7) is 1.90. The van der Waals surface area contributed by atoms with Crippen LogP contribution in [0.3, 0.4) is 0 Å². The lowest BCUT2D eigenvalue weighted by Gasteiger charge is -2.39. The normalized spacial score (nSPS) is 24.7. The fourth-order valence-corrected chi connectivity index (χ4v) is 4.36. The zero-order chi connectivity index (χ0) is 17.2. The minimum absolute atomic E-state index is 0.120. The number of hydrogen-bond acceptors (Lipinski definition) is 4. The smallest absolute Gasteiger partial charge is 0.297 e. The Balaban J connectivity index is 1.90. The maximum atomic E-state index is 12.6. The topological polar surface area (TPSA) is 63.6 Å². The van der Waals surface area contributed by atoms with E-state index in [9.17, 15) is 13.5 Å². The van der Waals surface area contributed by atoms with Crippen molar-refractivity contribution in [2.24, 2.45) is 0 Å². The summed E-state index contributed by atoms with van der Waals surface area (Å²) in [5.74, 6) is 0. The molecule has 0 amide bonds. The summed E-state index contributed by atoms with van der Waals surface area (Å²) in [4.78, 5) is 0.120. The molecule has 0 unspecified atom stereocenters. The van der Waals surface area contributed by atoms with Crippen molar-refractivity contribution in [2.45, 2.75) is 49.2 Å². The molecule has 0 saturated heterocycles. The first kappa shape index (κ1) is 17.1. The summed E-state index contributed by atoms with van der Waals surface area (Å²) in [6.07, 6.45) is 1.90. The molecule has 1 saturated carbocycles. The van der Waals surface area contributed by atoms with Crippen molar-refractivity contribution in [3.8, 4) is 0 Å². The Morgan fingerprint density at radius 1 is 1.04 bits per heavy atom. The molecule has 2 aromatic rings. The predicted molar refractivity (Wildman–Crippen MR) is 92.0 cm³/mol. The zero-order valence-corrected chi connectivity index (χ0v) is 14.5. The highest BCUT2D eigenvalue weighted by atomic mass is 32.2. The van der Waals surface area contributed by atoms with Crippen LogP contribution in [0.1, 0.15) is 36.8 Å². The molecule has 1 aliphatic carbocycles. The van der Waals surface area contributed by atoms with Gasteiger partial charge in [0.15, 0.2) is 0 Å². The first-order chi connectivity index (χ1) is 11.4. The molecule has 0 aliphatic heterocycles. The highest BCUT2D eigenvalue weighted by molar-refractivity contribution is 7.86. The molecule has 1 fully saturated rings. The van der Waals surface area contributed by atoms with Gasteiger partial charge in [-0.2, -0.15) is 8.42 Å². The molecule has 0 spiro atoms. The van der Waals surface area contributed by atoms with Gasteiger partial charge in [0.1, 0.15) is 11.7 Å². The maximum absolute atomic E-state index is 12.6. The molecule has 0 aromatic heterocycles. The highest BCUT2D eigenvalue weighted by Crippen LogP contribution is 2.40. The molecule has 24 heavy (non-hydrogen) atoms. The second-order valence-electron chi connectivity index (χ2n) is 6.39. The molecule has 2 aromatic carbocycles. The van der Waals surface area contributed by atoms with Crippen LogP contribution < -0.4 is 0 Å². The average Bonchev–Trinajstić information content (AvgIpc) is 2.58. The van der Waals surface area contributed by atoms with Crippen LogP contribution in [0.15, 0.2) is 59.5 Å². The summed E-state index contributed by atoms with van der Waals surface area (Å²) in [6, 6.07) is 15.7. The Morgan fingerprint density at radius 3 is 2.38 bits per heavy atom. The van der Waals surface area contributed by atoms with Crippen molar-refractivity contribution in [3.63, 3.8) is 0 Å². The molecule has 128 valence electrons. The fourth-order valence-electron chi connectivity index (χ4n) is 3.22. The van der Waals surface area contributed by atoms with Crippen molar-refractivity contribution < 1.29 is 17.7 Å². The Labute approximate surface area is 143 Å². The van der Waals surface area contributed by atoms with E-state index in [2.05, 4.69) is 0 Å². The molecule has 5 heteroatoms. The molecule has 3 rings (SSSR count). The van der Waals surface area contributed by atoms with E-state index >= 15 is 0 Å². The van der Waals surface area contributed by atoms with Gasteiger partial charge in [0.2, 0.25) is 0 Å². The summed E-state index contributed by atoms with van der Waals surface area (Å²) >= 11 is 0. The maximum Gasteiger partial charge on any atom is 0.297 e. The summed E-state index contributed by atoms with van der Waals surface area (Å²) in [5.41, 5.74) is 0.401. The Bertz CT molecular complexity index is 784. The van der Waals surface area contributed by atoms with Crippen molar-refractivity contribution in [2.75, 3.05) is 0 Å². The third kappa shape index (κ3) is 3.38. The SMILES string of the molecule is Cc1ccc(S(=O)(=O)O[C@H]2CCCC[C@]2(O)c2ccccc2)cc1. The number of hydrogen-bond donors (Lipinski definition) is 1. The molecule has 4 nitrogen and oxygen atoms in total. The standard InChI is InChI=1S/C19H22O4S/c1-15-10-12-17(13-11-15)24(21,22)23-18-9-5-6-14-19(18,20)16-7-3-2-4-8-16/h2-4,7-8,10-13,18,20H,5-6,9,14H2,1H3/t18-,19-/m0/s1. The van der Waals surface area contributed by atoms with Gasteiger partial charge in [-0.15, -0.1) is 0 Å². The van der Waals surface area contributed by atoms with E-state index in [1.807, 2.05) is 37.3 Å². The van der Waals surface area contributed by atoms with Crippen LogP contribution in [0.4, 0.5) is 0 Å². The molecule has 0 bridgehead atoms. The summed E-state index contributed by atoms with van der Waals surface area (Å²) in [7, 11) is -3.92. The average molecular weight is 346 g/mol. The Kier molecular flexibility index (Phi) is 4.76. The lowest BCUT2D eigenvalue weighted by atomic mass is 9.77. The zero-order valence-electron chi connectivity index (χ0n) is 13.7. The Hall–Kier alpha value is -1.69. The van der Waals surface area contributed by atoms with Crippen molar-refractivity contribution in [1.29, 1.82) is 0 Å². The van der Waals surface area contributed by atoms with E-state index in [-0.39, 0.29) is 4.90 Å². The quantitative estimate of drug-likeness (QED) is 0.860. The number of rotatable bonds is 4. The van der Waals surface area contributed by atoms with E-state index < -0.39 is 21.8 Å². The molecule has 1 N–H and O–H groups in total. The van der Waals surface area contributed by atoms with Gasteiger partial charge in [0, 0.05) is 0 Å². The van der Waals surface area contributed by atoms with Crippen molar-refractivity contribution in [1.82, 2.24) is 0 Å². The van der Waals surface area contributed by atoms with E-state index in [1.165, 1.54) is 12.1 Å². The molecule has 0 radical (unpaired) electrons. The van der Waals surface area contributed by atoms with Gasteiger partial charge in [-0.25, -0.2) is 0 Å². The number of aliphatic hydroxyl groups is 1. The second-order valence-corrected chi connectivity index (χ2v) is 7.96. The van der Waals surface area contributed by atoms with Gasteiger partial charge in [0.25, 0.3) is 10.1 Å². The minimum Gasteiger partial charge on any atom is -0.382 e. The van der Waals surface area contributed by atoms with Gasteiger partial charge in [-0.3, -0.25) is 4.18 Å². The predicted octanol–water partition coefficient (Wildman–Crippen LogP) is 3.53. The van der Waals surface area contributed by atoms with Crippen LogP contribution in [-0.4, -0.2) is 19.6 Å². The summed E-state index contributed by atoms with van der Waals surface area (Å²) < 4.78 is 30.7. The molecular weight excluding hydrogens is 324 g/mol. The van der Waals surface area contributed by atoms with Crippen molar-refractivity contribution >= 4 is 10.1 Å². The highest BCUT2D eigenvalue weighted by Gasteiger charge is 2.43. The van der Waals surface area contributed by atoms with E-state index in [1.54, 1.807) is 12.1 Å². The van der Waals surface area contributed by atoms with Crippen LogP contribution in [0, 0.1) is 6.92 Å². The van der Waals surface area contributed by atoms with Crippen LogP contribution >= 0.6 is 0 Å². The van der Waals surface area contributed by atoms with Crippen LogP contribution in [0.5, 0.6) is 0 Å². The second kappa shape index (κ2) is 6.67. The van der Waals surface area contributed by atoms with Crippen LogP contribution in [0.2, 0.25) is 0 Å². The van der Waals surface area contributed by atoms with Gasteiger partial charge in [-0.1, -0.05) is 60.9 Å². The Morgan fingerprint density at radius 2 is 1.71 bits per heavy atom. The van der Waals surface area contributed by atoms with Gasteiger partial charge in [-0.05, 0) is 37.5 Å². The fraction of sp³-hybridized carbons (Fsp3) is 0.368. The van der Waals surface area contributed by atoms with E-state index in [4.69, 9.17) is 4.18 Å². The lowest BCUT2D eigenvalue weighted by molar-refractivity contribution is -0.0910. The number of aryl methyl sites for hydroxylation is 1. The monoisotopic (exact) mass is 346 g/mol. The van der Waals surface area contributed by atoms with Gasteiger partial charge < -0.3 is 5.11 Å². The first-order valence-corrected chi connectivity index (χ1v) is 9.60. The minimum atomic E-state index is -3.92. The van der Waals surface area contributed by atoms with E-state index in [0.29, 0.717) is 18.4 Å². The molecule has 0 heterocycles. The summed E-state index contributed by atoms with van der Waals surface area (Å²) in [5, 5.41) is 11.2. The van der Waals surface area contributed by atoms with Gasteiger partial charge >= 0.3 is 0 Å². The van der Waals surface area contributed by atoms with Crippen LogP contribution in [0.25, 0.3) is 0 Å². The largest absolute Gasteiger partial charge is 0.382 e. The third-order valence-electron chi connectivity index (χ3n) is 4.63. The first-order valence-electron chi connectivity index (χ1n) is 8.20. The molecular formula is C19H22O4S. The third-order valence-corrected chi connectivity index (χ3v) is 5.97. The molecule has 2 atom stereocenters. The molecule has 1 aliphatic rings. The lowest BCUT2D eigenvalue weighted by Crippen LogP contribution is -2.44. The van der Waals surface area contributed by atoms with E-state index in [0.717, 1.165) is 18.4 Å². The van der Waals surface area contributed by atoms with Crippen molar-refractivity contribution in [3.05, 3.63) is 65.7 Å². The number of benzene rings is 2.